The first-order valence-corrected chi connectivity index (χ1v) is 13.6. The van der Waals surface area contributed by atoms with E-state index in [0.29, 0.717) is 0 Å². The third kappa shape index (κ3) is 5.88. The summed E-state index contributed by atoms with van der Waals surface area (Å²) in [5.74, 6) is 0.995. The lowest BCUT2D eigenvalue weighted by molar-refractivity contribution is 0.153. The van der Waals surface area contributed by atoms with Crippen molar-refractivity contribution < 1.29 is 0 Å². The first-order valence-electron chi connectivity index (χ1n) is 12.8. The molecule has 6 rings (SSSR count). The second kappa shape index (κ2) is 12.0. The number of aryl methyl sites for hydroxylation is 1. The summed E-state index contributed by atoms with van der Waals surface area (Å²) in [6.07, 6.45) is 7.10. The van der Waals surface area contributed by atoms with Gasteiger partial charge >= 0.3 is 0 Å². The van der Waals surface area contributed by atoms with Crippen LogP contribution in [0.2, 0.25) is 0 Å². The van der Waals surface area contributed by atoms with Crippen LogP contribution in [0.3, 0.4) is 0 Å². The van der Waals surface area contributed by atoms with Crippen molar-refractivity contribution in [3.05, 3.63) is 111 Å². The van der Waals surface area contributed by atoms with E-state index in [-0.39, 0.29) is 13.5 Å². The van der Waals surface area contributed by atoms with Gasteiger partial charge in [-0.25, -0.2) is 4.98 Å². The molecule has 8 heteroatoms. The number of fused-ring (bicyclic) bond motifs is 2. The number of benzene rings is 2. The highest BCUT2D eigenvalue weighted by molar-refractivity contribution is 9.10. The number of rotatable bonds is 9. The average Bonchev–Trinajstić information content (AvgIpc) is 3.54. The highest BCUT2D eigenvalue weighted by atomic mass is 79.9. The first-order chi connectivity index (χ1) is 18.2. The van der Waals surface area contributed by atoms with E-state index in [4.69, 9.17) is 9.97 Å². The van der Waals surface area contributed by atoms with Crippen LogP contribution in [0.1, 0.15) is 60.2 Å². The molecule has 1 aliphatic rings. The van der Waals surface area contributed by atoms with Crippen molar-refractivity contribution in [1.82, 2.24) is 35.4 Å². The fourth-order valence-corrected chi connectivity index (χ4v) is 5.57. The Hall–Kier alpha value is -3.33. The molecule has 0 aliphatic heterocycles. The molecule has 0 amide bonds. The van der Waals surface area contributed by atoms with E-state index in [1.54, 1.807) is 6.20 Å². The van der Waals surface area contributed by atoms with E-state index < -0.39 is 0 Å². The van der Waals surface area contributed by atoms with Gasteiger partial charge in [-0.2, -0.15) is 5.10 Å². The van der Waals surface area contributed by atoms with Gasteiger partial charge in [-0.05, 0) is 70.1 Å². The monoisotopic (exact) mass is 571 g/mol. The lowest BCUT2D eigenvalue weighted by atomic mass is 9.90. The van der Waals surface area contributed by atoms with Gasteiger partial charge in [0.15, 0.2) is 0 Å². The Labute approximate surface area is 232 Å². The molecule has 0 spiro atoms. The number of aromatic nitrogens is 5. The fraction of sp³-hybridized carbons (Fsp3) is 0.300. The molecule has 0 radical (unpaired) electrons. The van der Waals surface area contributed by atoms with Gasteiger partial charge < -0.3 is 10.3 Å². The number of hydrogen-bond acceptors (Lipinski definition) is 5. The number of nitrogens with zero attached hydrogens (tertiary/aromatic N) is 4. The van der Waals surface area contributed by atoms with Crippen molar-refractivity contribution in [2.24, 2.45) is 0 Å². The Morgan fingerprint density at radius 3 is 2.63 bits per heavy atom. The van der Waals surface area contributed by atoms with Crippen molar-refractivity contribution in [3.63, 3.8) is 0 Å². The number of para-hydroxylation sites is 2. The van der Waals surface area contributed by atoms with Crippen LogP contribution in [0.4, 0.5) is 0 Å². The van der Waals surface area contributed by atoms with Crippen molar-refractivity contribution in [2.45, 2.75) is 58.9 Å². The molecule has 0 saturated carbocycles. The van der Waals surface area contributed by atoms with Crippen molar-refractivity contribution >= 4 is 27.0 Å². The van der Waals surface area contributed by atoms with E-state index in [1.165, 1.54) is 28.8 Å². The molecule has 0 bridgehead atoms. The molecule has 1 unspecified atom stereocenters. The zero-order chi connectivity index (χ0) is 25.0. The van der Waals surface area contributed by atoms with Crippen LogP contribution in [0.15, 0.2) is 77.5 Å². The van der Waals surface area contributed by atoms with Crippen LogP contribution in [0.5, 0.6) is 0 Å². The molecular formula is C30H34BrN7. The molecular weight excluding hydrogens is 538 g/mol. The third-order valence-corrected chi connectivity index (χ3v) is 7.79. The van der Waals surface area contributed by atoms with Crippen LogP contribution >= 0.6 is 15.9 Å². The summed E-state index contributed by atoms with van der Waals surface area (Å²) in [7, 11) is 0. The van der Waals surface area contributed by atoms with Gasteiger partial charge in [-0.1, -0.05) is 49.9 Å². The molecule has 3 aromatic heterocycles. The van der Waals surface area contributed by atoms with Crippen LogP contribution in [-0.2, 0) is 32.6 Å². The minimum atomic E-state index is 0. The summed E-state index contributed by atoms with van der Waals surface area (Å²) in [6, 6.07) is 21.7. The number of halogens is 1. The number of H-pyrrole nitrogens is 2. The minimum absolute atomic E-state index is 0. The summed E-state index contributed by atoms with van der Waals surface area (Å²) in [4.78, 5) is 15.8. The SMILES string of the molecule is Brc1cn[nH]c1CNCc1ccc(CN(Cc2nc3ccccc3[nH]2)C2CCCc3cccnc32)cc1.C. The molecule has 5 aromatic rings. The summed E-state index contributed by atoms with van der Waals surface area (Å²) in [5, 5.41) is 10.5. The van der Waals surface area contributed by atoms with Crippen molar-refractivity contribution in [1.29, 1.82) is 0 Å². The van der Waals surface area contributed by atoms with E-state index >= 15 is 0 Å². The second-order valence-electron chi connectivity index (χ2n) is 9.68. The summed E-state index contributed by atoms with van der Waals surface area (Å²) in [5.41, 5.74) is 8.29. The topological polar surface area (TPSA) is 85.5 Å². The van der Waals surface area contributed by atoms with E-state index in [0.717, 1.165) is 66.0 Å². The predicted octanol–water partition coefficient (Wildman–Crippen LogP) is 6.45. The molecule has 7 nitrogen and oxygen atoms in total. The number of nitrogens with one attached hydrogen (secondary N) is 3. The number of aromatic amines is 2. The first kappa shape index (κ1) is 26.3. The Balaban J connectivity index is 0.00000294. The van der Waals surface area contributed by atoms with Gasteiger partial charge in [0.1, 0.15) is 5.82 Å². The molecule has 38 heavy (non-hydrogen) atoms. The van der Waals surface area contributed by atoms with Crippen LogP contribution in [-0.4, -0.2) is 30.0 Å². The van der Waals surface area contributed by atoms with E-state index in [9.17, 15) is 0 Å². The maximum atomic E-state index is 4.88. The minimum Gasteiger partial charge on any atom is -0.341 e. The van der Waals surface area contributed by atoms with Crippen molar-refractivity contribution in [3.8, 4) is 0 Å². The zero-order valence-corrected chi connectivity index (χ0v) is 22.2. The average molecular weight is 573 g/mol. The van der Waals surface area contributed by atoms with Crippen LogP contribution in [0, 0.1) is 0 Å². The molecule has 1 aliphatic carbocycles. The maximum absolute atomic E-state index is 4.88. The summed E-state index contributed by atoms with van der Waals surface area (Å²) < 4.78 is 0.999. The lowest BCUT2D eigenvalue weighted by Gasteiger charge is -2.34. The second-order valence-corrected chi connectivity index (χ2v) is 10.5. The lowest BCUT2D eigenvalue weighted by Crippen LogP contribution is -2.31. The van der Waals surface area contributed by atoms with E-state index in [2.05, 4.69) is 89.9 Å². The number of hydrogen-bond donors (Lipinski definition) is 3. The summed E-state index contributed by atoms with van der Waals surface area (Å²) >= 11 is 3.51. The van der Waals surface area contributed by atoms with Gasteiger partial charge in [-0.3, -0.25) is 15.0 Å². The van der Waals surface area contributed by atoms with Gasteiger partial charge in [0.25, 0.3) is 0 Å². The van der Waals surface area contributed by atoms with E-state index in [1.807, 2.05) is 18.3 Å². The molecule has 1 atom stereocenters. The van der Waals surface area contributed by atoms with Gasteiger partial charge in [0, 0.05) is 25.8 Å². The smallest absolute Gasteiger partial charge is 0.121 e. The van der Waals surface area contributed by atoms with Gasteiger partial charge in [0.05, 0.1) is 45.7 Å². The standard InChI is InChI=1S/C29H30BrN7.CH4/c30-23-16-33-36-26(23)17-31-15-20-10-12-21(13-11-20)18-37(19-28-34-24-7-1-2-8-25(24)35-28)27-9-3-5-22-6-4-14-32-29(22)27;/h1-2,4,6-8,10-14,16,27,31H,3,5,9,15,17-19H2,(H,33,36)(H,34,35);1H4. The Bertz CT molecular complexity index is 1440. The number of imidazole rings is 1. The Morgan fingerprint density at radius 1 is 0.974 bits per heavy atom. The third-order valence-electron chi connectivity index (χ3n) is 7.10. The zero-order valence-electron chi connectivity index (χ0n) is 20.6. The summed E-state index contributed by atoms with van der Waals surface area (Å²) in [6.45, 7) is 3.13. The maximum Gasteiger partial charge on any atom is 0.121 e. The van der Waals surface area contributed by atoms with Crippen LogP contribution in [0.25, 0.3) is 11.0 Å². The molecule has 2 aromatic carbocycles. The van der Waals surface area contributed by atoms with Crippen LogP contribution < -0.4 is 5.32 Å². The predicted molar refractivity (Wildman–Crippen MR) is 155 cm³/mol. The van der Waals surface area contributed by atoms with Gasteiger partial charge in [-0.15, -0.1) is 0 Å². The molecule has 0 fully saturated rings. The van der Waals surface area contributed by atoms with Crippen molar-refractivity contribution in [2.75, 3.05) is 0 Å². The highest BCUT2D eigenvalue weighted by Crippen LogP contribution is 2.34. The molecule has 3 heterocycles. The highest BCUT2D eigenvalue weighted by Gasteiger charge is 2.28. The Kier molecular flexibility index (Phi) is 8.32. The molecule has 3 N–H and O–H groups in total. The number of pyridine rings is 1. The van der Waals surface area contributed by atoms with Gasteiger partial charge in [0.2, 0.25) is 0 Å². The Morgan fingerprint density at radius 2 is 1.82 bits per heavy atom. The normalized spacial score (nSPS) is 14.9. The quantitative estimate of drug-likeness (QED) is 0.189. The molecule has 0 saturated heterocycles. The largest absolute Gasteiger partial charge is 0.341 e. The molecule has 196 valence electrons. The fourth-order valence-electron chi connectivity index (χ4n) is 5.24.